The summed E-state index contributed by atoms with van der Waals surface area (Å²) in [5, 5.41) is 14.4. The maximum absolute atomic E-state index is 12.7. The molecule has 0 saturated heterocycles. The van der Waals surface area contributed by atoms with E-state index in [2.05, 4.69) is 12.3 Å². The minimum atomic E-state index is -0.556. The van der Waals surface area contributed by atoms with Crippen molar-refractivity contribution >= 4 is 5.78 Å². The van der Waals surface area contributed by atoms with Gasteiger partial charge in [0, 0.05) is 19.2 Å². The molecule has 0 bridgehead atoms. The monoisotopic (exact) mass is 347 g/mol. The number of methoxy groups -OCH3 is 1. The van der Waals surface area contributed by atoms with Crippen molar-refractivity contribution in [2.75, 3.05) is 7.11 Å². The molecule has 2 aliphatic carbocycles. The number of rotatable bonds is 2. The van der Waals surface area contributed by atoms with Gasteiger partial charge in [0.2, 0.25) is 0 Å². The molecule has 26 heavy (non-hydrogen) atoms. The smallest absolute Gasteiger partial charge is 0.176 e. The normalized spacial score (nSPS) is 27.2. The molecule has 5 nitrogen and oxygen atoms in total. The first-order chi connectivity index (χ1) is 12.5. The van der Waals surface area contributed by atoms with Crippen molar-refractivity contribution in [3.8, 4) is 11.8 Å². The average Bonchev–Trinajstić information content (AvgIpc) is 3.05. The number of nitrogens with zero attached hydrogens (tertiary/aromatic N) is 3. The molecule has 3 unspecified atom stereocenters. The third-order valence-corrected chi connectivity index (χ3v) is 5.95. The highest BCUT2D eigenvalue weighted by Gasteiger charge is 2.53. The highest BCUT2D eigenvalue weighted by molar-refractivity contribution is 6.02. The van der Waals surface area contributed by atoms with Gasteiger partial charge in [-0.25, -0.2) is 0 Å². The van der Waals surface area contributed by atoms with Gasteiger partial charge in [-0.15, -0.1) is 0 Å². The van der Waals surface area contributed by atoms with Crippen LogP contribution in [-0.2, 0) is 23.7 Å². The molecule has 4 rings (SSSR count). The van der Waals surface area contributed by atoms with E-state index < -0.39 is 5.41 Å². The van der Waals surface area contributed by atoms with Gasteiger partial charge >= 0.3 is 0 Å². The van der Waals surface area contributed by atoms with E-state index in [1.165, 1.54) is 5.56 Å². The zero-order valence-electron chi connectivity index (χ0n) is 15.2. The second kappa shape index (κ2) is 5.84. The molecule has 1 aromatic carbocycles. The molecule has 1 aromatic heterocycles. The van der Waals surface area contributed by atoms with Crippen LogP contribution in [0.15, 0.2) is 42.1 Å². The lowest BCUT2D eigenvalue weighted by atomic mass is 9.54. The minimum absolute atomic E-state index is 0.0546. The van der Waals surface area contributed by atoms with Crippen molar-refractivity contribution in [1.29, 1.82) is 5.26 Å². The van der Waals surface area contributed by atoms with Gasteiger partial charge in [0.15, 0.2) is 5.78 Å². The number of fused-ring (bicyclic) bond motifs is 3. The van der Waals surface area contributed by atoms with E-state index in [0.29, 0.717) is 0 Å². The maximum Gasteiger partial charge on any atom is 0.176 e. The number of hydrogen-bond acceptors (Lipinski definition) is 4. The first kappa shape index (κ1) is 16.6. The van der Waals surface area contributed by atoms with Crippen molar-refractivity contribution in [2.24, 2.45) is 18.9 Å². The van der Waals surface area contributed by atoms with E-state index in [1.54, 1.807) is 7.11 Å². The summed E-state index contributed by atoms with van der Waals surface area (Å²) in [7, 11) is 3.56. The summed E-state index contributed by atoms with van der Waals surface area (Å²) in [6, 6.07) is 10.0. The summed E-state index contributed by atoms with van der Waals surface area (Å²) in [4.78, 5) is 12.7. The highest BCUT2D eigenvalue weighted by atomic mass is 16.5. The molecular weight excluding hydrogens is 326 g/mol. The molecule has 0 saturated carbocycles. The fourth-order valence-corrected chi connectivity index (χ4v) is 4.72. The Bertz CT molecular complexity index is 949. The Morgan fingerprint density at radius 1 is 1.35 bits per heavy atom. The molecule has 1 heterocycles. The van der Waals surface area contributed by atoms with Gasteiger partial charge in [-0.3, -0.25) is 9.48 Å². The lowest BCUT2D eigenvalue weighted by Crippen LogP contribution is -2.48. The van der Waals surface area contributed by atoms with Crippen LogP contribution in [0.3, 0.4) is 0 Å². The van der Waals surface area contributed by atoms with Crippen molar-refractivity contribution in [3.63, 3.8) is 0 Å². The number of aryl methyl sites for hydroxylation is 2. The summed E-state index contributed by atoms with van der Waals surface area (Å²) in [6.07, 6.45) is 5.72. The summed E-state index contributed by atoms with van der Waals surface area (Å²) < 4.78 is 7.14. The lowest BCUT2D eigenvalue weighted by molar-refractivity contribution is -0.121. The largest absolute Gasteiger partial charge is 0.497 e. The van der Waals surface area contributed by atoms with Gasteiger partial charge in [-0.1, -0.05) is 19.1 Å². The molecule has 0 radical (unpaired) electrons. The number of hydrogen-bond donors (Lipinski definition) is 0. The van der Waals surface area contributed by atoms with Crippen LogP contribution in [-0.4, -0.2) is 22.7 Å². The number of nitriles is 1. The Hall–Kier alpha value is -2.87. The van der Waals surface area contributed by atoms with Crippen molar-refractivity contribution < 1.29 is 9.53 Å². The Balaban J connectivity index is 2.04. The number of benzene rings is 1. The van der Waals surface area contributed by atoms with E-state index in [0.717, 1.165) is 29.8 Å². The molecule has 3 atom stereocenters. The fourth-order valence-electron chi connectivity index (χ4n) is 4.72. The molecule has 0 aliphatic heterocycles. The number of ether oxygens (including phenoxy) is 1. The van der Waals surface area contributed by atoms with Crippen LogP contribution in [0.25, 0.3) is 0 Å². The molecule has 2 aromatic rings. The topological polar surface area (TPSA) is 67.9 Å². The Labute approximate surface area is 152 Å². The van der Waals surface area contributed by atoms with Gasteiger partial charge in [0.1, 0.15) is 11.8 Å². The van der Waals surface area contributed by atoms with E-state index >= 15 is 0 Å². The average molecular weight is 347 g/mol. The van der Waals surface area contributed by atoms with Crippen LogP contribution >= 0.6 is 0 Å². The van der Waals surface area contributed by atoms with E-state index in [4.69, 9.17) is 9.84 Å². The van der Waals surface area contributed by atoms with Gasteiger partial charge in [0.25, 0.3) is 0 Å². The molecule has 5 heteroatoms. The van der Waals surface area contributed by atoms with Crippen molar-refractivity contribution in [3.05, 3.63) is 58.9 Å². The molecule has 0 fully saturated rings. The Kier molecular flexibility index (Phi) is 3.73. The van der Waals surface area contributed by atoms with Crippen LogP contribution in [0.2, 0.25) is 0 Å². The van der Waals surface area contributed by atoms with E-state index in [-0.39, 0.29) is 23.2 Å². The maximum atomic E-state index is 12.7. The van der Waals surface area contributed by atoms with E-state index in [1.807, 2.05) is 49.0 Å². The third-order valence-electron chi connectivity index (χ3n) is 5.95. The summed E-state index contributed by atoms with van der Waals surface area (Å²) in [5.74, 6) is 0.596. The summed E-state index contributed by atoms with van der Waals surface area (Å²) >= 11 is 0. The first-order valence-corrected chi connectivity index (χ1v) is 8.86. The number of aromatic nitrogens is 2. The molecule has 2 aliphatic rings. The summed E-state index contributed by atoms with van der Waals surface area (Å²) in [6.45, 7) is 1.95. The molecule has 132 valence electrons. The summed E-state index contributed by atoms with van der Waals surface area (Å²) in [5.41, 5.74) is 2.89. The molecule has 0 amide bonds. The van der Waals surface area contributed by atoms with E-state index in [9.17, 15) is 10.1 Å². The lowest BCUT2D eigenvalue weighted by Gasteiger charge is -2.46. The zero-order chi connectivity index (χ0) is 18.5. The first-order valence-electron chi connectivity index (χ1n) is 8.86. The number of ketones is 1. The number of Topliss-reactive ketones (excluding diaryl/α,β-unsaturated/α-hetero) is 1. The number of carbonyl (C=O) groups excluding carboxylic acids is 1. The van der Waals surface area contributed by atoms with Crippen LogP contribution in [0, 0.1) is 23.2 Å². The van der Waals surface area contributed by atoms with Crippen molar-refractivity contribution in [1.82, 2.24) is 9.78 Å². The van der Waals surface area contributed by atoms with Crippen LogP contribution in [0.4, 0.5) is 0 Å². The Morgan fingerprint density at radius 3 is 2.73 bits per heavy atom. The molecular formula is C21H21N3O2. The van der Waals surface area contributed by atoms with Gasteiger partial charge in [0.05, 0.1) is 23.8 Å². The number of allylic oxidation sites excluding steroid dienone is 2. The standard InChI is InChI=1S/C21H21N3O2/c1-13-18-9-4-14-12-24(2)23-20(14)21(18,10-15(11-22)19(13)25)16-5-7-17(26-3)8-6-16/h5-8,10,12-13,18H,4,9H2,1-3H3. The van der Waals surface area contributed by atoms with Crippen LogP contribution in [0.5, 0.6) is 5.75 Å². The number of carbonyl (C=O) groups is 1. The molecule has 0 spiro atoms. The van der Waals surface area contributed by atoms with Gasteiger partial charge in [-0.2, -0.15) is 10.4 Å². The van der Waals surface area contributed by atoms with Crippen LogP contribution in [0.1, 0.15) is 30.2 Å². The highest BCUT2D eigenvalue weighted by Crippen LogP contribution is 2.53. The minimum Gasteiger partial charge on any atom is -0.497 e. The van der Waals surface area contributed by atoms with Gasteiger partial charge < -0.3 is 4.74 Å². The van der Waals surface area contributed by atoms with Crippen LogP contribution < -0.4 is 4.74 Å². The SMILES string of the molecule is COc1ccc(C23C=C(C#N)C(=O)C(C)C2CCc2cn(C)nc23)cc1. The Morgan fingerprint density at radius 2 is 2.08 bits per heavy atom. The quantitative estimate of drug-likeness (QED) is 0.838. The fraction of sp³-hybridized carbons (Fsp3) is 0.381. The second-order valence-electron chi connectivity index (χ2n) is 7.24. The second-order valence-corrected chi connectivity index (χ2v) is 7.24. The predicted molar refractivity (Wildman–Crippen MR) is 96.7 cm³/mol. The predicted octanol–water partition coefficient (Wildman–Crippen LogP) is 2.95. The van der Waals surface area contributed by atoms with Crippen molar-refractivity contribution in [2.45, 2.75) is 25.2 Å². The third kappa shape index (κ3) is 2.15. The molecule has 0 N–H and O–H groups in total. The zero-order valence-corrected chi connectivity index (χ0v) is 15.2. The van der Waals surface area contributed by atoms with Gasteiger partial charge in [-0.05, 0) is 48.1 Å².